The average molecular weight is 320 g/mol. The van der Waals surface area contributed by atoms with Crippen LogP contribution in [0, 0.1) is 6.92 Å². The van der Waals surface area contributed by atoms with Crippen molar-refractivity contribution >= 4 is 22.5 Å². The normalized spacial score (nSPS) is 11.2. The maximum Gasteiger partial charge on any atom is 0.181 e. The molecule has 2 heterocycles. The van der Waals surface area contributed by atoms with Crippen LogP contribution in [0.15, 0.2) is 42.6 Å². The Morgan fingerprint density at radius 1 is 1.04 bits per heavy atom. The van der Waals surface area contributed by atoms with Gasteiger partial charge in [-0.05, 0) is 42.8 Å². The number of phenolic OH excluding ortho intramolecular Hbond substituents is 2. The van der Waals surface area contributed by atoms with Gasteiger partial charge in [0.05, 0.1) is 22.9 Å². The van der Waals surface area contributed by atoms with Crippen LogP contribution < -0.4 is 5.32 Å². The first kappa shape index (κ1) is 14.3. The highest BCUT2D eigenvalue weighted by Gasteiger charge is 2.15. The van der Waals surface area contributed by atoms with Gasteiger partial charge in [0, 0.05) is 12.6 Å². The van der Waals surface area contributed by atoms with Crippen LogP contribution in [0.25, 0.3) is 27.9 Å². The van der Waals surface area contributed by atoms with Gasteiger partial charge in [0.2, 0.25) is 0 Å². The van der Waals surface area contributed by atoms with E-state index in [1.165, 1.54) is 12.1 Å². The number of fused-ring (bicyclic) bond motifs is 3. The average Bonchev–Trinajstić information content (AvgIpc) is 3.02. The lowest BCUT2D eigenvalue weighted by Crippen LogP contribution is -2.01. The summed E-state index contributed by atoms with van der Waals surface area (Å²) < 4.78 is 2.01. The number of hydrogen-bond acceptors (Lipinski definition) is 5. The largest absolute Gasteiger partial charge is 0.504 e. The van der Waals surface area contributed by atoms with Gasteiger partial charge in [-0.25, -0.2) is 9.97 Å². The third-order valence-electron chi connectivity index (χ3n) is 4.09. The number of phenols is 2. The standard InChI is InChI=1S/C18H16N4O2/c1-10-3-5-12-13(7-10)22-14(9-20-18(22)17(19-2)21-12)11-4-6-15(23)16(24)8-11/h3-9,23-24H,1-2H3,(H,19,21). The molecule has 2 aromatic heterocycles. The lowest BCUT2D eigenvalue weighted by molar-refractivity contribution is 0.404. The minimum Gasteiger partial charge on any atom is -0.504 e. The summed E-state index contributed by atoms with van der Waals surface area (Å²) in [4.78, 5) is 9.11. The van der Waals surface area contributed by atoms with Gasteiger partial charge in [-0.1, -0.05) is 6.07 Å². The quantitative estimate of drug-likeness (QED) is 0.494. The lowest BCUT2D eigenvalue weighted by Gasteiger charge is -2.10. The fourth-order valence-corrected chi connectivity index (χ4v) is 2.89. The molecule has 6 heteroatoms. The third kappa shape index (κ3) is 2.04. The van der Waals surface area contributed by atoms with E-state index in [0.717, 1.165) is 27.9 Å². The van der Waals surface area contributed by atoms with Crippen molar-refractivity contribution < 1.29 is 10.2 Å². The monoisotopic (exact) mass is 320 g/mol. The van der Waals surface area contributed by atoms with Crippen LogP contribution in [0.1, 0.15) is 5.56 Å². The molecule has 120 valence electrons. The van der Waals surface area contributed by atoms with Crippen LogP contribution in [0.3, 0.4) is 0 Å². The van der Waals surface area contributed by atoms with E-state index in [-0.39, 0.29) is 11.5 Å². The molecule has 24 heavy (non-hydrogen) atoms. The molecule has 0 unspecified atom stereocenters. The topological polar surface area (TPSA) is 82.7 Å². The van der Waals surface area contributed by atoms with Gasteiger partial charge in [0.15, 0.2) is 23.0 Å². The zero-order chi connectivity index (χ0) is 16.8. The second-order valence-corrected chi connectivity index (χ2v) is 5.71. The van der Waals surface area contributed by atoms with Crippen molar-refractivity contribution in [3.8, 4) is 22.8 Å². The molecule has 0 aliphatic heterocycles. The Kier molecular flexibility index (Phi) is 3.06. The first-order valence-corrected chi connectivity index (χ1v) is 7.56. The number of aromatic nitrogens is 3. The van der Waals surface area contributed by atoms with Crippen molar-refractivity contribution in [2.45, 2.75) is 6.92 Å². The van der Waals surface area contributed by atoms with Crippen LogP contribution in [-0.2, 0) is 0 Å². The maximum atomic E-state index is 9.82. The lowest BCUT2D eigenvalue weighted by atomic mass is 10.1. The van der Waals surface area contributed by atoms with Gasteiger partial charge in [-0.2, -0.15) is 0 Å². The van der Waals surface area contributed by atoms with Crippen LogP contribution in [0.4, 0.5) is 5.82 Å². The Morgan fingerprint density at radius 3 is 2.62 bits per heavy atom. The van der Waals surface area contributed by atoms with Crippen LogP contribution in [0.5, 0.6) is 11.5 Å². The molecule has 2 aromatic carbocycles. The first-order valence-electron chi connectivity index (χ1n) is 7.56. The van der Waals surface area contributed by atoms with Gasteiger partial charge in [-0.3, -0.25) is 4.40 Å². The summed E-state index contributed by atoms with van der Waals surface area (Å²) >= 11 is 0. The van der Waals surface area contributed by atoms with Crippen molar-refractivity contribution in [2.75, 3.05) is 12.4 Å². The summed E-state index contributed by atoms with van der Waals surface area (Å²) in [5.74, 6) is 0.372. The second kappa shape index (κ2) is 5.13. The molecule has 4 rings (SSSR count). The zero-order valence-corrected chi connectivity index (χ0v) is 13.3. The molecule has 0 fully saturated rings. The molecule has 4 aromatic rings. The molecule has 0 aliphatic carbocycles. The molecule has 0 aliphatic rings. The first-order chi connectivity index (χ1) is 11.6. The minimum atomic E-state index is -0.161. The van der Waals surface area contributed by atoms with E-state index in [0.29, 0.717) is 11.5 Å². The Labute approximate surface area is 138 Å². The minimum absolute atomic E-state index is 0.147. The Balaban J connectivity index is 2.13. The van der Waals surface area contributed by atoms with E-state index in [2.05, 4.69) is 21.4 Å². The van der Waals surface area contributed by atoms with Crippen molar-refractivity contribution in [3.63, 3.8) is 0 Å². The fourth-order valence-electron chi connectivity index (χ4n) is 2.89. The number of nitrogens with zero attached hydrogens (tertiary/aromatic N) is 3. The van der Waals surface area contributed by atoms with E-state index in [1.54, 1.807) is 12.3 Å². The molecule has 0 saturated carbocycles. The molecular formula is C18H16N4O2. The van der Waals surface area contributed by atoms with Crippen molar-refractivity contribution in [3.05, 3.63) is 48.2 Å². The van der Waals surface area contributed by atoms with Crippen LogP contribution in [0.2, 0.25) is 0 Å². The third-order valence-corrected chi connectivity index (χ3v) is 4.09. The van der Waals surface area contributed by atoms with Gasteiger partial charge < -0.3 is 15.5 Å². The molecule has 0 radical (unpaired) electrons. The number of aromatic hydroxyl groups is 2. The molecule has 0 saturated heterocycles. The SMILES string of the molecule is CNc1nc2ccc(C)cc2n2c(-c3ccc(O)c(O)c3)cnc12. The van der Waals surface area contributed by atoms with Gasteiger partial charge in [0.1, 0.15) is 0 Å². The number of anilines is 1. The van der Waals surface area contributed by atoms with Crippen molar-refractivity contribution in [1.29, 1.82) is 0 Å². The summed E-state index contributed by atoms with van der Waals surface area (Å²) in [5.41, 5.74) is 5.18. The zero-order valence-electron chi connectivity index (χ0n) is 13.3. The number of rotatable bonds is 2. The predicted molar refractivity (Wildman–Crippen MR) is 93.5 cm³/mol. The summed E-state index contributed by atoms with van der Waals surface area (Å²) in [5, 5.41) is 22.5. The second-order valence-electron chi connectivity index (χ2n) is 5.71. The molecule has 0 atom stereocenters. The van der Waals surface area contributed by atoms with Gasteiger partial charge in [-0.15, -0.1) is 0 Å². The molecule has 0 amide bonds. The van der Waals surface area contributed by atoms with Crippen LogP contribution in [-0.4, -0.2) is 31.6 Å². The Bertz CT molecular complexity index is 1090. The Hall–Kier alpha value is -3.28. The highest BCUT2D eigenvalue weighted by atomic mass is 16.3. The van der Waals surface area contributed by atoms with Crippen molar-refractivity contribution in [1.82, 2.24) is 14.4 Å². The summed E-state index contributed by atoms with van der Waals surface area (Å²) in [6, 6.07) is 10.8. The number of imidazole rings is 1. The van der Waals surface area contributed by atoms with Gasteiger partial charge >= 0.3 is 0 Å². The summed E-state index contributed by atoms with van der Waals surface area (Å²) in [7, 11) is 1.81. The number of hydrogen-bond donors (Lipinski definition) is 3. The maximum absolute atomic E-state index is 9.82. The fraction of sp³-hybridized carbons (Fsp3) is 0.111. The van der Waals surface area contributed by atoms with E-state index >= 15 is 0 Å². The van der Waals surface area contributed by atoms with E-state index in [1.807, 2.05) is 30.5 Å². The Morgan fingerprint density at radius 2 is 1.88 bits per heavy atom. The van der Waals surface area contributed by atoms with E-state index in [4.69, 9.17) is 0 Å². The van der Waals surface area contributed by atoms with Crippen molar-refractivity contribution in [2.24, 2.45) is 0 Å². The molecule has 6 nitrogen and oxygen atoms in total. The number of benzene rings is 2. The molecule has 0 spiro atoms. The smallest absolute Gasteiger partial charge is 0.181 e. The number of aryl methyl sites for hydroxylation is 1. The highest BCUT2D eigenvalue weighted by Crippen LogP contribution is 2.33. The van der Waals surface area contributed by atoms with Gasteiger partial charge in [0.25, 0.3) is 0 Å². The summed E-state index contributed by atoms with van der Waals surface area (Å²) in [6.07, 6.45) is 1.74. The molecular weight excluding hydrogens is 304 g/mol. The number of nitrogens with one attached hydrogen (secondary N) is 1. The highest BCUT2D eigenvalue weighted by molar-refractivity contribution is 5.86. The molecule has 3 N–H and O–H groups in total. The predicted octanol–water partition coefficient (Wildman–Crippen LogP) is 3.31. The summed E-state index contributed by atoms with van der Waals surface area (Å²) in [6.45, 7) is 2.03. The van der Waals surface area contributed by atoms with E-state index < -0.39 is 0 Å². The molecule has 0 bridgehead atoms. The van der Waals surface area contributed by atoms with E-state index in [9.17, 15) is 10.2 Å². The van der Waals surface area contributed by atoms with Crippen LogP contribution >= 0.6 is 0 Å².